The minimum absolute atomic E-state index is 0.455. The first-order chi connectivity index (χ1) is 9.10. The van der Waals surface area contributed by atoms with Crippen LogP contribution in [0.25, 0.3) is 0 Å². The average molecular weight is 281 g/mol. The van der Waals surface area contributed by atoms with E-state index in [1.54, 1.807) is 0 Å². The third-order valence-corrected chi connectivity index (χ3v) is 3.46. The van der Waals surface area contributed by atoms with Crippen LogP contribution >= 0.6 is 11.3 Å². The molecule has 19 heavy (non-hydrogen) atoms. The quantitative estimate of drug-likeness (QED) is 0.673. The first kappa shape index (κ1) is 13.6. The number of rotatable bonds is 5. The van der Waals surface area contributed by atoms with Crippen LogP contribution in [0.2, 0.25) is 0 Å². The number of nitrogens with zero attached hydrogens (tertiary/aromatic N) is 2. The first-order valence-electron chi connectivity index (χ1n) is 5.66. The van der Waals surface area contributed by atoms with Gasteiger partial charge in [0.15, 0.2) is 0 Å². The summed E-state index contributed by atoms with van der Waals surface area (Å²) in [5.74, 6) is -0.822. The molecule has 0 fully saturated rings. The summed E-state index contributed by atoms with van der Waals surface area (Å²) in [6, 6.07) is 3.90. The minimum Gasteiger partial charge on any atom is -0.330 e. The maximum atomic E-state index is 13.2. The Kier molecular flexibility index (Phi) is 4.18. The monoisotopic (exact) mass is 281 g/mol. The number of nitrogens with two attached hydrogens (primary N) is 1. The van der Waals surface area contributed by atoms with Crippen LogP contribution in [0.1, 0.15) is 16.3 Å². The van der Waals surface area contributed by atoms with Gasteiger partial charge in [0.1, 0.15) is 0 Å². The third-order valence-electron chi connectivity index (χ3n) is 2.56. The standard InChI is InChI=1S/C12H12FN3O2S/c13-10-2-1-8(5-11(10)16(17)18)6-12-15-9(3-4-14)7-19-12/h1-2,5,7H,3-4,6,14H2. The molecule has 0 radical (unpaired) electrons. The molecular weight excluding hydrogens is 269 g/mol. The lowest BCUT2D eigenvalue weighted by atomic mass is 10.1. The van der Waals surface area contributed by atoms with Crippen molar-refractivity contribution in [2.24, 2.45) is 5.73 Å². The van der Waals surface area contributed by atoms with Crippen LogP contribution in [0, 0.1) is 15.9 Å². The number of aromatic nitrogens is 1. The number of hydrogen-bond acceptors (Lipinski definition) is 5. The summed E-state index contributed by atoms with van der Waals surface area (Å²) < 4.78 is 13.2. The van der Waals surface area contributed by atoms with Crippen molar-refractivity contribution < 1.29 is 9.31 Å². The van der Waals surface area contributed by atoms with E-state index in [1.807, 2.05) is 5.38 Å². The Labute approximate surface area is 113 Å². The Morgan fingerprint density at radius 2 is 2.26 bits per heavy atom. The smallest absolute Gasteiger partial charge is 0.305 e. The van der Waals surface area contributed by atoms with Gasteiger partial charge in [0, 0.05) is 24.3 Å². The second-order valence-electron chi connectivity index (χ2n) is 3.99. The van der Waals surface area contributed by atoms with E-state index in [0.29, 0.717) is 24.9 Å². The molecule has 1 aromatic heterocycles. The second kappa shape index (κ2) is 5.85. The van der Waals surface area contributed by atoms with Crippen LogP contribution in [0.5, 0.6) is 0 Å². The van der Waals surface area contributed by atoms with E-state index in [-0.39, 0.29) is 0 Å². The topological polar surface area (TPSA) is 82.0 Å². The molecule has 0 aliphatic carbocycles. The van der Waals surface area contributed by atoms with Crippen molar-refractivity contribution in [1.29, 1.82) is 0 Å². The molecule has 0 saturated carbocycles. The van der Waals surface area contributed by atoms with E-state index in [4.69, 9.17) is 5.73 Å². The molecule has 2 aromatic rings. The summed E-state index contributed by atoms with van der Waals surface area (Å²) in [5.41, 5.74) is 6.52. The van der Waals surface area contributed by atoms with Gasteiger partial charge < -0.3 is 5.73 Å². The van der Waals surface area contributed by atoms with E-state index in [2.05, 4.69) is 4.98 Å². The van der Waals surface area contributed by atoms with Gasteiger partial charge in [-0.05, 0) is 18.2 Å². The molecule has 7 heteroatoms. The summed E-state index contributed by atoms with van der Waals surface area (Å²) in [6.07, 6.45) is 1.16. The lowest BCUT2D eigenvalue weighted by Gasteiger charge is -1.99. The Hall–Kier alpha value is -1.86. The maximum Gasteiger partial charge on any atom is 0.305 e. The first-order valence-corrected chi connectivity index (χ1v) is 6.54. The van der Waals surface area contributed by atoms with Gasteiger partial charge in [-0.1, -0.05) is 6.07 Å². The van der Waals surface area contributed by atoms with E-state index in [1.165, 1.54) is 23.5 Å². The summed E-state index contributed by atoms with van der Waals surface area (Å²) in [7, 11) is 0. The van der Waals surface area contributed by atoms with Gasteiger partial charge in [-0.15, -0.1) is 11.3 Å². The molecule has 0 atom stereocenters. The highest BCUT2D eigenvalue weighted by Gasteiger charge is 2.15. The molecular formula is C12H12FN3O2S. The van der Waals surface area contributed by atoms with Crippen LogP contribution in [-0.2, 0) is 12.8 Å². The Balaban J connectivity index is 2.18. The van der Waals surface area contributed by atoms with Crippen molar-refractivity contribution in [3.8, 4) is 0 Å². The molecule has 100 valence electrons. The van der Waals surface area contributed by atoms with Crippen molar-refractivity contribution in [2.45, 2.75) is 12.8 Å². The molecule has 0 saturated heterocycles. The van der Waals surface area contributed by atoms with Gasteiger partial charge in [-0.3, -0.25) is 10.1 Å². The lowest BCUT2D eigenvalue weighted by Crippen LogP contribution is -2.03. The molecule has 2 rings (SSSR count). The summed E-state index contributed by atoms with van der Waals surface area (Å²) in [5, 5.41) is 13.4. The Morgan fingerprint density at radius 1 is 1.47 bits per heavy atom. The highest BCUT2D eigenvalue weighted by Crippen LogP contribution is 2.21. The fraction of sp³-hybridized carbons (Fsp3) is 0.250. The van der Waals surface area contributed by atoms with E-state index < -0.39 is 16.4 Å². The van der Waals surface area contributed by atoms with Gasteiger partial charge in [0.05, 0.1) is 15.6 Å². The number of halogens is 1. The van der Waals surface area contributed by atoms with Gasteiger partial charge in [0.25, 0.3) is 0 Å². The average Bonchev–Trinajstić information content (AvgIpc) is 2.79. The molecule has 0 aliphatic heterocycles. The Morgan fingerprint density at radius 3 is 2.95 bits per heavy atom. The van der Waals surface area contributed by atoms with Gasteiger partial charge in [0.2, 0.25) is 5.82 Å². The number of thiazole rings is 1. The van der Waals surface area contributed by atoms with Gasteiger partial charge in [-0.25, -0.2) is 4.98 Å². The number of nitro benzene ring substituents is 1. The van der Waals surface area contributed by atoms with E-state index in [9.17, 15) is 14.5 Å². The highest BCUT2D eigenvalue weighted by molar-refractivity contribution is 7.09. The molecule has 1 heterocycles. The van der Waals surface area contributed by atoms with E-state index >= 15 is 0 Å². The van der Waals surface area contributed by atoms with Crippen molar-refractivity contribution in [3.05, 3.63) is 55.8 Å². The zero-order chi connectivity index (χ0) is 13.8. The molecule has 0 aliphatic rings. The fourth-order valence-electron chi connectivity index (χ4n) is 1.68. The maximum absolute atomic E-state index is 13.2. The van der Waals surface area contributed by atoms with Gasteiger partial charge >= 0.3 is 5.69 Å². The predicted octanol–water partition coefficient (Wildman–Crippen LogP) is 2.28. The summed E-state index contributed by atoms with van der Waals surface area (Å²) in [4.78, 5) is 14.3. The SMILES string of the molecule is NCCc1csc(Cc2ccc(F)c([N+](=O)[O-])c2)n1. The molecule has 0 bridgehead atoms. The minimum atomic E-state index is -0.822. The van der Waals surface area contributed by atoms with E-state index in [0.717, 1.165) is 16.8 Å². The third kappa shape index (κ3) is 3.33. The predicted molar refractivity (Wildman–Crippen MR) is 70.7 cm³/mol. The fourth-order valence-corrected chi connectivity index (χ4v) is 2.54. The molecule has 2 N–H and O–H groups in total. The molecule has 1 aromatic carbocycles. The van der Waals surface area contributed by atoms with Gasteiger partial charge in [-0.2, -0.15) is 4.39 Å². The number of hydrogen-bond donors (Lipinski definition) is 1. The normalized spacial score (nSPS) is 10.6. The zero-order valence-corrected chi connectivity index (χ0v) is 10.8. The molecule has 0 unspecified atom stereocenters. The van der Waals surface area contributed by atoms with Crippen LogP contribution in [-0.4, -0.2) is 16.5 Å². The van der Waals surface area contributed by atoms with Crippen LogP contribution in [0.15, 0.2) is 23.6 Å². The second-order valence-corrected chi connectivity index (χ2v) is 4.93. The summed E-state index contributed by atoms with van der Waals surface area (Å²) >= 11 is 1.47. The van der Waals surface area contributed by atoms with Crippen LogP contribution < -0.4 is 5.73 Å². The van der Waals surface area contributed by atoms with Crippen molar-refractivity contribution in [3.63, 3.8) is 0 Å². The van der Waals surface area contributed by atoms with Crippen LogP contribution in [0.3, 0.4) is 0 Å². The molecule has 0 amide bonds. The van der Waals surface area contributed by atoms with Crippen molar-refractivity contribution in [1.82, 2.24) is 4.98 Å². The van der Waals surface area contributed by atoms with Crippen LogP contribution in [0.4, 0.5) is 10.1 Å². The highest BCUT2D eigenvalue weighted by atomic mass is 32.1. The van der Waals surface area contributed by atoms with Crippen molar-refractivity contribution >= 4 is 17.0 Å². The molecule has 0 spiro atoms. The lowest BCUT2D eigenvalue weighted by molar-refractivity contribution is -0.387. The van der Waals surface area contributed by atoms with Crippen molar-refractivity contribution in [2.75, 3.05) is 6.54 Å². The number of nitro groups is 1. The number of benzene rings is 1. The Bertz CT molecular complexity index is 600. The summed E-state index contributed by atoms with van der Waals surface area (Å²) in [6.45, 7) is 0.533. The largest absolute Gasteiger partial charge is 0.330 e. The molecule has 5 nitrogen and oxygen atoms in total. The zero-order valence-electron chi connectivity index (χ0n) is 10.0.